The number of alkyl halides is 3. The van der Waals surface area contributed by atoms with E-state index >= 15 is 0 Å². The van der Waals surface area contributed by atoms with E-state index in [9.17, 15) is 21.6 Å². The molecule has 0 spiro atoms. The molecule has 1 unspecified atom stereocenters. The van der Waals surface area contributed by atoms with Crippen LogP contribution >= 0.6 is 12.4 Å². The Labute approximate surface area is 181 Å². The first-order valence-electron chi connectivity index (χ1n) is 9.37. The molecule has 1 aromatic carbocycles. The van der Waals surface area contributed by atoms with Gasteiger partial charge in [-0.1, -0.05) is 30.3 Å². The first-order chi connectivity index (χ1) is 13.6. The summed E-state index contributed by atoms with van der Waals surface area (Å²) in [4.78, 5) is 6.46. The van der Waals surface area contributed by atoms with Gasteiger partial charge in [-0.2, -0.15) is 17.9 Å². The van der Waals surface area contributed by atoms with Gasteiger partial charge in [0.25, 0.3) is 0 Å². The summed E-state index contributed by atoms with van der Waals surface area (Å²) in [5.74, 6) is 0.394. The second-order valence-corrected chi connectivity index (χ2v) is 9.25. The van der Waals surface area contributed by atoms with Crippen LogP contribution in [0.3, 0.4) is 0 Å². The summed E-state index contributed by atoms with van der Waals surface area (Å²) < 4.78 is 64.1. The van der Waals surface area contributed by atoms with Crippen LogP contribution < -0.4 is 4.72 Å². The molecule has 1 saturated heterocycles. The highest BCUT2D eigenvalue weighted by Crippen LogP contribution is 2.33. The minimum Gasteiger partial charge on any atom is -0.298 e. The minimum atomic E-state index is -4.71. The molecular weight excluding hydrogens is 439 g/mol. The number of aromatic nitrogens is 1. The molecule has 2 heterocycles. The molecule has 1 N–H and O–H groups in total. The highest BCUT2D eigenvalue weighted by molar-refractivity contribution is 7.88. The summed E-state index contributed by atoms with van der Waals surface area (Å²) in [6, 6.07) is 7.69. The van der Waals surface area contributed by atoms with Crippen molar-refractivity contribution in [2.45, 2.75) is 37.5 Å². The fourth-order valence-corrected chi connectivity index (χ4v) is 4.40. The van der Waals surface area contributed by atoms with Gasteiger partial charge in [0.05, 0.1) is 6.26 Å². The van der Waals surface area contributed by atoms with Crippen molar-refractivity contribution in [3.8, 4) is 0 Å². The zero-order chi connectivity index (χ0) is 21.1. The standard InChI is InChI=1S/C20H24F3N3O2S.ClH/c1-29(27,28)25-19(20(21,22)23)16-8-6-15(7-9-16)13-26-11-3-5-18(14-26)17-4-2-10-24-12-17;/h2,4,6-10,12,18-19,25H,3,5,11,13-14H2,1H3;1H/t18?,19-;/m0./s1. The number of halogens is 4. The third-order valence-corrected chi connectivity index (χ3v) is 5.70. The Hall–Kier alpha value is -1.68. The molecule has 0 radical (unpaired) electrons. The SMILES string of the molecule is CS(=O)(=O)N[C@@H](c1ccc(CN2CCCC(c3cccnc3)C2)cc1)C(F)(F)F.Cl. The van der Waals surface area contributed by atoms with Crippen molar-refractivity contribution < 1.29 is 21.6 Å². The number of piperidine rings is 1. The van der Waals surface area contributed by atoms with Crippen molar-refractivity contribution in [2.24, 2.45) is 0 Å². The molecule has 0 saturated carbocycles. The predicted octanol–water partition coefficient (Wildman–Crippen LogP) is 4.04. The summed E-state index contributed by atoms with van der Waals surface area (Å²) in [7, 11) is -4.00. The lowest BCUT2D eigenvalue weighted by Gasteiger charge is -2.33. The van der Waals surface area contributed by atoms with E-state index < -0.39 is 22.2 Å². The second-order valence-electron chi connectivity index (χ2n) is 7.47. The lowest BCUT2D eigenvalue weighted by Crippen LogP contribution is -2.37. The van der Waals surface area contributed by atoms with Gasteiger partial charge in [0.15, 0.2) is 0 Å². The predicted molar refractivity (Wildman–Crippen MR) is 112 cm³/mol. The van der Waals surface area contributed by atoms with Crippen LogP contribution in [-0.4, -0.2) is 43.8 Å². The summed E-state index contributed by atoms with van der Waals surface area (Å²) in [6.45, 7) is 2.43. The first kappa shape index (κ1) is 24.6. The smallest absolute Gasteiger partial charge is 0.298 e. The first-order valence-corrected chi connectivity index (χ1v) is 11.3. The molecule has 10 heteroatoms. The molecule has 166 valence electrons. The summed E-state index contributed by atoms with van der Waals surface area (Å²) in [5, 5.41) is 0. The summed E-state index contributed by atoms with van der Waals surface area (Å²) >= 11 is 0. The number of nitrogens with zero attached hydrogens (tertiary/aromatic N) is 2. The van der Waals surface area contributed by atoms with Gasteiger partial charge in [-0.05, 0) is 48.1 Å². The Balaban J connectivity index is 0.00000320. The van der Waals surface area contributed by atoms with Crippen molar-refractivity contribution in [1.82, 2.24) is 14.6 Å². The van der Waals surface area contributed by atoms with E-state index in [0.717, 1.165) is 37.8 Å². The highest BCUT2D eigenvalue weighted by Gasteiger charge is 2.42. The average molecular weight is 464 g/mol. The van der Waals surface area contributed by atoms with Gasteiger partial charge < -0.3 is 0 Å². The number of nitrogens with one attached hydrogen (secondary N) is 1. The van der Waals surface area contributed by atoms with Crippen LogP contribution in [0.2, 0.25) is 0 Å². The topological polar surface area (TPSA) is 62.3 Å². The number of rotatable bonds is 6. The molecule has 5 nitrogen and oxygen atoms in total. The number of sulfonamides is 1. The molecule has 3 rings (SSSR count). The maximum atomic E-state index is 13.3. The van der Waals surface area contributed by atoms with Crippen molar-refractivity contribution in [3.63, 3.8) is 0 Å². The van der Waals surface area contributed by atoms with E-state index in [1.807, 2.05) is 12.3 Å². The number of pyridine rings is 1. The monoisotopic (exact) mass is 463 g/mol. The van der Waals surface area contributed by atoms with Crippen LogP contribution in [0.4, 0.5) is 13.2 Å². The molecule has 1 aliphatic heterocycles. The maximum absolute atomic E-state index is 13.3. The minimum absolute atomic E-state index is 0. The molecule has 2 atom stereocenters. The molecular formula is C20H25ClF3N3O2S. The van der Waals surface area contributed by atoms with E-state index in [1.54, 1.807) is 23.1 Å². The number of likely N-dealkylation sites (tertiary alicyclic amines) is 1. The molecule has 0 aliphatic carbocycles. The molecule has 1 aromatic heterocycles. The molecule has 0 bridgehead atoms. The highest BCUT2D eigenvalue weighted by atomic mass is 35.5. The van der Waals surface area contributed by atoms with E-state index in [1.165, 1.54) is 17.7 Å². The van der Waals surface area contributed by atoms with Crippen LogP contribution in [0.5, 0.6) is 0 Å². The number of hydrogen-bond donors (Lipinski definition) is 1. The molecule has 0 amide bonds. The van der Waals surface area contributed by atoms with Crippen molar-refractivity contribution >= 4 is 22.4 Å². The van der Waals surface area contributed by atoms with E-state index in [4.69, 9.17) is 0 Å². The van der Waals surface area contributed by atoms with Gasteiger partial charge in [-0.3, -0.25) is 9.88 Å². The third kappa shape index (κ3) is 6.94. The fourth-order valence-electron chi connectivity index (χ4n) is 3.70. The fraction of sp³-hybridized carbons (Fsp3) is 0.450. The summed E-state index contributed by atoms with van der Waals surface area (Å²) in [5.41, 5.74) is 1.96. The Morgan fingerprint density at radius 1 is 1.23 bits per heavy atom. The zero-order valence-corrected chi connectivity index (χ0v) is 18.1. The molecule has 1 fully saturated rings. The number of hydrogen-bond acceptors (Lipinski definition) is 4. The van der Waals surface area contributed by atoms with E-state index in [-0.39, 0.29) is 18.0 Å². The van der Waals surface area contributed by atoms with Crippen LogP contribution in [0, 0.1) is 0 Å². The van der Waals surface area contributed by atoms with Crippen LogP contribution in [0.1, 0.15) is 41.5 Å². The van der Waals surface area contributed by atoms with Crippen LogP contribution in [0.15, 0.2) is 48.8 Å². The lowest BCUT2D eigenvalue weighted by atomic mass is 9.91. The Morgan fingerprint density at radius 2 is 1.93 bits per heavy atom. The summed E-state index contributed by atoms with van der Waals surface area (Å²) in [6.07, 6.45) is 1.77. The molecule has 2 aromatic rings. The molecule has 1 aliphatic rings. The Kier molecular flexibility index (Phi) is 8.27. The van der Waals surface area contributed by atoms with Crippen LogP contribution in [-0.2, 0) is 16.6 Å². The van der Waals surface area contributed by atoms with Gasteiger partial charge in [0.1, 0.15) is 6.04 Å². The van der Waals surface area contributed by atoms with Gasteiger partial charge in [0.2, 0.25) is 10.0 Å². The van der Waals surface area contributed by atoms with Gasteiger partial charge in [0, 0.05) is 25.5 Å². The number of benzene rings is 1. The quantitative estimate of drug-likeness (QED) is 0.702. The Bertz CT molecular complexity index is 909. The zero-order valence-electron chi connectivity index (χ0n) is 16.5. The van der Waals surface area contributed by atoms with Crippen molar-refractivity contribution in [1.29, 1.82) is 0 Å². The van der Waals surface area contributed by atoms with E-state index in [0.29, 0.717) is 12.5 Å². The van der Waals surface area contributed by atoms with Gasteiger partial charge in [-0.15, -0.1) is 12.4 Å². The normalized spacial score (nSPS) is 19.1. The van der Waals surface area contributed by atoms with Gasteiger partial charge >= 0.3 is 6.18 Å². The van der Waals surface area contributed by atoms with Crippen molar-refractivity contribution in [2.75, 3.05) is 19.3 Å². The van der Waals surface area contributed by atoms with E-state index in [2.05, 4.69) is 16.0 Å². The van der Waals surface area contributed by atoms with Crippen LogP contribution in [0.25, 0.3) is 0 Å². The van der Waals surface area contributed by atoms with Crippen molar-refractivity contribution in [3.05, 3.63) is 65.5 Å². The Morgan fingerprint density at radius 3 is 2.50 bits per heavy atom. The second kappa shape index (κ2) is 10.1. The van der Waals surface area contributed by atoms with Gasteiger partial charge in [-0.25, -0.2) is 8.42 Å². The lowest BCUT2D eigenvalue weighted by molar-refractivity contribution is -0.153. The largest absolute Gasteiger partial charge is 0.408 e. The average Bonchev–Trinajstić information content (AvgIpc) is 2.66. The molecule has 30 heavy (non-hydrogen) atoms. The third-order valence-electron chi connectivity index (χ3n) is 5.04. The maximum Gasteiger partial charge on any atom is 0.408 e.